The molecule has 0 aromatic heterocycles. The number of ether oxygens (including phenoxy) is 4. The Balaban J connectivity index is 3.40. The second-order valence-electron chi connectivity index (χ2n) is 6.07. The molecule has 0 bridgehead atoms. The number of nitrogens with zero attached hydrogens (tertiary/aromatic N) is 1. The van der Waals surface area contributed by atoms with Gasteiger partial charge >= 0.3 is 0 Å². The molecule has 0 aromatic rings. The highest BCUT2D eigenvalue weighted by molar-refractivity contribution is 5.63. The largest absolute Gasteiger partial charge is 0.394 e. The Kier molecular flexibility index (Phi) is 20.2. The van der Waals surface area contributed by atoms with Crippen LogP contribution < -0.4 is 0 Å². The highest BCUT2D eigenvalue weighted by atomic mass is 16.6. The van der Waals surface area contributed by atoms with Crippen molar-refractivity contribution in [2.45, 2.75) is 37.3 Å². The van der Waals surface area contributed by atoms with Crippen molar-refractivity contribution in [1.82, 2.24) is 0 Å². The summed E-state index contributed by atoms with van der Waals surface area (Å²) in [5.41, 5.74) is 0. The lowest BCUT2D eigenvalue weighted by Crippen LogP contribution is -2.46. The lowest BCUT2D eigenvalue weighted by atomic mass is 10.0. The molecule has 0 fully saturated rings. The average Bonchev–Trinajstić information content (AvgIpc) is 2.76. The zero-order valence-electron chi connectivity index (χ0n) is 17.1. The summed E-state index contributed by atoms with van der Waals surface area (Å²) in [5.74, 6) is 0. The minimum absolute atomic E-state index is 0.0943. The van der Waals surface area contributed by atoms with Gasteiger partial charge in [-0.2, -0.15) is 0 Å². The second-order valence-corrected chi connectivity index (χ2v) is 6.07. The van der Waals surface area contributed by atoms with Crippen LogP contribution in [0.15, 0.2) is 5.16 Å². The van der Waals surface area contributed by atoms with Crippen LogP contribution >= 0.6 is 0 Å². The Bertz CT molecular complexity index is 414. The van der Waals surface area contributed by atoms with E-state index in [1.807, 2.05) is 0 Å². The number of hydrogen-bond donors (Lipinski definition) is 5. The monoisotopic (exact) mass is 441 g/mol. The van der Waals surface area contributed by atoms with Crippen LogP contribution in [0.2, 0.25) is 0 Å². The van der Waals surface area contributed by atoms with E-state index in [2.05, 4.69) is 5.16 Å². The molecule has 0 aliphatic carbocycles. The zero-order chi connectivity index (χ0) is 22.5. The maximum Gasteiger partial charge on any atom is 0.140 e. The van der Waals surface area contributed by atoms with Crippen molar-refractivity contribution < 1.29 is 54.1 Å². The summed E-state index contributed by atoms with van der Waals surface area (Å²) in [5, 5.41) is 49.8. The number of unbranched alkanes of at least 4 members (excludes halogenated alkanes) is 1. The first kappa shape index (κ1) is 28.8. The fraction of sp³-hybridized carbons (Fsp3) is 0.889. The number of carbonyl (C=O) groups excluding carboxylic acids is 1. The average molecular weight is 441 g/mol. The van der Waals surface area contributed by atoms with Crippen LogP contribution in [0.1, 0.15) is 12.8 Å². The van der Waals surface area contributed by atoms with Crippen LogP contribution in [0, 0.1) is 0 Å². The molecule has 0 amide bonds. The molecule has 178 valence electrons. The van der Waals surface area contributed by atoms with Crippen LogP contribution in [0.4, 0.5) is 0 Å². The van der Waals surface area contributed by atoms with E-state index >= 15 is 0 Å². The molecule has 0 rings (SSSR count). The van der Waals surface area contributed by atoms with E-state index in [0.717, 1.165) is 18.9 Å². The van der Waals surface area contributed by atoms with Gasteiger partial charge in [0.05, 0.1) is 59.1 Å². The number of aliphatic hydroxyl groups is 5. The molecule has 0 radical (unpaired) electrons. The molecule has 12 nitrogen and oxygen atoms in total. The quantitative estimate of drug-likeness (QED) is 0.0518. The van der Waals surface area contributed by atoms with Gasteiger partial charge in [-0.25, -0.2) is 0 Å². The molecule has 4 unspecified atom stereocenters. The normalized spacial score (nSPS) is 15.8. The molecular weight excluding hydrogens is 406 g/mol. The van der Waals surface area contributed by atoms with Crippen LogP contribution in [0.3, 0.4) is 0 Å². The van der Waals surface area contributed by atoms with Gasteiger partial charge in [0, 0.05) is 13.0 Å². The summed E-state index contributed by atoms with van der Waals surface area (Å²) in [4.78, 5) is 14.9. The standard InChI is InChI=1S/C18H35NO11/c20-3-1-2-4-26-5-6-27-7-8-28-9-10-29-11-12-30-19-13-15(22)17(24)18(25)16(23)14-21/h3,13,15-18,21-25H,1-2,4-12,14H2/b19-13+. The Morgan fingerprint density at radius 2 is 1.23 bits per heavy atom. The predicted octanol–water partition coefficient (Wildman–Crippen LogP) is -2.53. The summed E-state index contributed by atoms with van der Waals surface area (Å²) in [6.07, 6.45) is -3.66. The number of aliphatic hydroxyl groups excluding tert-OH is 5. The summed E-state index contributed by atoms with van der Waals surface area (Å²) in [7, 11) is 0. The molecule has 0 heterocycles. The third-order valence-corrected chi connectivity index (χ3v) is 3.61. The molecule has 0 spiro atoms. The zero-order valence-corrected chi connectivity index (χ0v) is 17.1. The van der Waals surface area contributed by atoms with Crippen molar-refractivity contribution in [3.8, 4) is 0 Å². The topological polar surface area (TPSA) is 177 Å². The van der Waals surface area contributed by atoms with E-state index in [1.165, 1.54) is 0 Å². The molecule has 30 heavy (non-hydrogen) atoms. The van der Waals surface area contributed by atoms with E-state index in [1.54, 1.807) is 0 Å². The maximum absolute atomic E-state index is 10.1. The van der Waals surface area contributed by atoms with Gasteiger partial charge in [-0.15, -0.1) is 0 Å². The van der Waals surface area contributed by atoms with Gasteiger partial charge in [-0.3, -0.25) is 0 Å². The van der Waals surface area contributed by atoms with Gasteiger partial charge in [-0.05, 0) is 6.42 Å². The van der Waals surface area contributed by atoms with Crippen LogP contribution in [0.25, 0.3) is 0 Å². The number of carbonyl (C=O) groups is 1. The van der Waals surface area contributed by atoms with E-state index in [4.69, 9.17) is 28.9 Å². The van der Waals surface area contributed by atoms with E-state index in [0.29, 0.717) is 52.7 Å². The van der Waals surface area contributed by atoms with Crippen LogP contribution in [-0.4, -0.2) is 129 Å². The van der Waals surface area contributed by atoms with Crippen molar-refractivity contribution in [3.63, 3.8) is 0 Å². The van der Waals surface area contributed by atoms with E-state index in [9.17, 15) is 25.2 Å². The minimum Gasteiger partial charge on any atom is -0.394 e. The van der Waals surface area contributed by atoms with E-state index in [-0.39, 0.29) is 13.2 Å². The van der Waals surface area contributed by atoms with Crippen molar-refractivity contribution in [1.29, 1.82) is 0 Å². The van der Waals surface area contributed by atoms with Gasteiger partial charge < -0.3 is 54.1 Å². The lowest BCUT2D eigenvalue weighted by Gasteiger charge is -2.23. The summed E-state index contributed by atoms with van der Waals surface area (Å²) in [6.45, 7) is 2.64. The van der Waals surface area contributed by atoms with Crippen molar-refractivity contribution >= 4 is 12.5 Å². The third kappa shape index (κ3) is 16.6. The number of hydrogen-bond acceptors (Lipinski definition) is 12. The first-order valence-corrected chi connectivity index (χ1v) is 9.77. The highest BCUT2D eigenvalue weighted by Crippen LogP contribution is 2.03. The van der Waals surface area contributed by atoms with Crippen molar-refractivity contribution in [2.24, 2.45) is 5.16 Å². The smallest absolute Gasteiger partial charge is 0.140 e. The van der Waals surface area contributed by atoms with Gasteiger partial charge in [0.15, 0.2) is 0 Å². The minimum atomic E-state index is -1.72. The molecule has 0 saturated carbocycles. The highest BCUT2D eigenvalue weighted by Gasteiger charge is 2.29. The van der Waals surface area contributed by atoms with Gasteiger partial charge in [0.1, 0.15) is 37.3 Å². The molecule has 12 heteroatoms. The molecule has 0 saturated heterocycles. The Hall–Kier alpha value is -1.22. The number of oxime groups is 1. The maximum atomic E-state index is 10.1. The molecular formula is C18H35NO11. The van der Waals surface area contributed by atoms with Gasteiger partial charge in [-0.1, -0.05) is 5.16 Å². The molecule has 0 aliphatic heterocycles. The predicted molar refractivity (Wildman–Crippen MR) is 104 cm³/mol. The van der Waals surface area contributed by atoms with Crippen LogP contribution in [-0.2, 0) is 28.6 Å². The molecule has 4 atom stereocenters. The Labute approximate surface area is 175 Å². The number of rotatable bonds is 22. The van der Waals surface area contributed by atoms with Crippen molar-refractivity contribution in [3.05, 3.63) is 0 Å². The van der Waals surface area contributed by atoms with Crippen LogP contribution in [0.5, 0.6) is 0 Å². The molecule has 5 N–H and O–H groups in total. The summed E-state index contributed by atoms with van der Waals surface area (Å²) < 4.78 is 21.1. The van der Waals surface area contributed by atoms with Gasteiger partial charge in [0.25, 0.3) is 0 Å². The first-order chi connectivity index (χ1) is 14.5. The second kappa shape index (κ2) is 21.0. The Morgan fingerprint density at radius 1 is 0.733 bits per heavy atom. The van der Waals surface area contributed by atoms with Gasteiger partial charge in [0.2, 0.25) is 0 Å². The first-order valence-electron chi connectivity index (χ1n) is 9.77. The molecule has 0 aliphatic rings. The number of aldehydes is 1. The Morgan fingerprint density at radius 3 is 1.73 bits per heavy atom. The van der Waals surface area contributed by atoms with Crippen molar-refractivity contribution in [2.75, 3.05) is 66.1 Å². The fourth-order valence-electron chi connectivity index (χ4n) is 1.91. The lowest BCUT2D eigenvalue weighted by molar-refractivity contribution is -0.108. The molecule has 0 aromatic carbocycles. The van der Waals surface area contributed by atoms with E-state index < -0.39 is 31.0 Å². The fourth-order valence-corrected chi connectivity index (χ4v) is 1.91. The summed E-state index contributed by atoms with van der Waals surface area (Å²) in [6, 6.07) is 0. The third-order valence-electron chi connectivity index (χ3n) is 3.61. The SMILES string of the molecule is O=CCCCOCCOCCOCCOCCO/N=C/C(O)C(O)C(O)C(O)CO. The summed E-state index contributed by atoms with van der Waals surface area (Å²) >= 11 is 0.